The number of nitrogens with one attached hydrogen (secondary N) is 1. The Labute approximate surface area is 176 Å². The molecule has 4 aromatic rings. The topological polar surface area (TPSA) is 51.5 Å². The molecule has 0 saturated carbocycles. The number of furan rings is 1. The van der Waals surface area contributed by atoms with Gasteiger partial charge in [0.15, 0.2) is 5.76 Å². The van der Waals surface area contributed by atoms with E-state index in [0.29, 0.717) is 17.3 Å². The number of amides is 1. The molecule has 30 heavy (non-hydrogen) atoms. The summed E-state index contributed by atoms with van der Waals surface area (Å²) in [7, 11) is 1.69. The van der Waals surface area contributed by atoms with E-state index in [9.17, 15) is 4.79 Å². The first-order chi connectivity index (χ1) is 14.4. The number of hydrogen-bond acceptors (Lipinski definition) is 3. The van der Waals surface area contributed by atoms with Crippen LogP contribution in [0.4, 0.5) is 0 Å². The fourth-order valence-electron chi connectivity index (χ4n) is 4.06. The van der Waals surface area contributed by atoms with Gasteiger partial charge < -0.3 is 14.5 Å². The van der Waals surface area contributed by atoms with E-state index in [-0.39, 0.29) is 11.9 Å². The quantitative estimate of drug-likeness (QED) is 0.414. The monoisotopic (exact) mass is 401 g/mol. The molecule has 3 aromatic carbocycles. The number of carbonyl (C=O) groups is 1. The zero-order valence-electron chi connectivity index (χ0n) is 18.1. The molecule has 0 aliphatic carbocycles. The highest BCUT2D eigenvalue weighted by molar-refractivity contribution is 6.08. The van der Waals surface area contributed by atoms with Gasteiger partial charge in [-0.3, -0.25) is 4.79 Å². The standard InChI is InChI=1S/C26H27NO3/c1-15(2)20-13-21(16(3)12-24(20)29-5)17(4)27-26(28)25-14-22-19-9-7-6-8-18(19)10-11-23(22)30-25/h6-15,17H,1-5H3,(H,27,28)/t17-/m0/s1. The molecule has 0 saturated heterocycles. The van der Waals surface area contributed by atoms with Crippen molar-refractivity contribution in [1.29, 1.82) is 0 Å². The van der Waals surface area contributed by atoms with Gasteiger partial charge in [-0.25, -0.2) is 0 Å². The molecule has 1 amide bonds. The molecular weight excluding hydrogens is 374 g/mol. The van der Waals surface area contributed by atoms with Crippen molar-refractivity contribution in [2.75, 3.05) is 7.11 Å². The third-order valence-electron chi connectivity index (χ3n) is 5.70. The van der Waals surface area contributed by atoms with E-state index in [1.54, 1.807) is 7.11 Å². The van der Waals surface area contributed by atoms with Crippen molar-refractivity contribution >= 4 is 27.6 Å². The van der Waals surface area contributed by atoms with Gasteiger partial charge >= 0.3 is 0 Å². The average Bonchev–Trinajstić information content (AvgIpc) is 3.18. The van der Waals surface area contributed by atoms with Crippen LogP contribution in [0.3, 0.4) is 0 Å². The molecule has 4 rings (SSSR count). The van der Waals surface area contributed by atoms with Crippen LogP contribution in [0, 0.1) is 6.92 Å². The number of rotatable bonds is 5. The number of carbonyl (C=O) groups excluding carboxylic acids is 1. The first-order valence-electron chi connectivity index (χ1n) is 10.3. The summed E-state index contributed by atoms with van der Waals surface area (Å²) in [5.41, 5.74) is 4.01. The van der Waals surface area contributed by atoms with E-state index in [4.69, 9.17) is 9.15 Å². The van der Waals surface area contributed by atoms with Gasteiger partial charge in [-0.1, -0.05) is 44.2 Å². The van der Waals surface area contributed by atoms with Gasteiger partial charge in [0.05, 0.1) is 13.2 Å². The summed E-state index contributed by atoms with van der Waals surface area (Å²) in [6.45, 7) is 8.31. The molecule has 1 aromatic heterocycles. The summed E-state index contributed by atoms with van der Waals surface area (Å²) < 4.78 is 11.4. The smallest absolute Gasteiger partial charge is 0.287 e. The highest BCUT2D eigenvalue weighted by Gasteiger charge is 2.20. The Hall–Kier alpha value is -3.27. The molecule has 0 spiro atoms. The lowest BCUT2D eigenvalue weighted by Crippen LogP contribution is -2.27. The summed E-state index contributed by atoms with van der Waals surface area (Å²) in [5.74, 6) is 1.31. The maximum absolute atomic E-state index is 13.0. The molecule has 0 fully saturated rings. The van der Waals surface area contributed by atoms with Gasteiger partial charge in [0.1, 0.15) is 11.3 Å². The van der Waals surface area contributed by atoms with Crippen molar-refractivity contribution < 1.29 is 13.9 Å². The van der Waals surface area contributed by atoms with Crippen molar-refractivity contribution in [3.8, 4) is 5.75 Å². The highest BCUT2D eigenvalue weighted by Crippen LogP contribution is 2.33. The van der Waals surface area contributed by atoms with E-state index in [2.05, 4.69) is 31.3 Å². The Bertz CT molecular complexity index is 1240. The molecule has 4 heteroatoms. The van der Waals surface area contributed by atoms with Crippen LogP contribution in [-0.4, -0.2) is 13.0 Å². The van der Waals surface area contributed by atoms with Crippen LogP contribution < -0.4 is 10.1 Å². The molecule has 1 heterocycles. The number of aryl methyl sites for hydroxylation is 1. The molecule has 0 aliphatic heterocycles. The minimum absolute atomic E-state index is 0.161. The number of benzene rings is 3. The molecule has 154 valence electrons. The molecular formula is C26H27NO3. The summed E-state index contributed by atoms with van der Waals surface area (Å²) in [5, 5.41) is 6.25. The van der Waals surface area contributed by atoms with Crippen molar-refractivity contribution in [3.63, 3.8) is 0 Å². The van der Waals surface area contributed by atoms with E-state index in [1.807, 2.05) is 56.3 Å². The summed E-state index contributed by atoms with van der Waals surface area (Å²) in [4.78, 5) is 13.0. The van der Waals surface area contributed by atoms with Crippen molar-refractivity contribution in [2.45, 2.75) is 39.7 Å². The van der Waals surface area contributed by atoms with Crippen LogP contribution in [0.15, 0.2) is 59.0 Å². The minimum atomic E-state index is -0.218. The minimum Gasteiger partial charge on any atom is -0.496 e. The van der Waals surface area contributed by atoms with Gasteiger partial charge in [0.2, 0.25) is 0 Å². The van der Waals surface area contributed by atoms with Gasteiger partial charge in [-0.05, 0) is 71.5 Å². The largest absolute Gasteiger partial charge is 0.496 e. The van der Waals surface area contributed by atoms with Crippen LogP contribution in [0.5, 0.6) is 5.75 Å². The normalized spacial score (nSPS) is 12.5. The lowest BCUT2D eigenvalue weighted by molar-refractivity contribution is 0.0914. The lowest BCUT2D eigenvalue weighted by Gasteiger charge is -2.20. The first kappa shape index (κ1) is 20.0. The zero-order chi connectivity index (χ0) is 21.4. The fourth-order valence-corrected chi connectivity index (χ4v) is 4.06. The summed E-state index contributed by atoms with van der Waals surface area (Å²) in [6, 6.07) is 17.9. The predicted octanol–water partition coefficient (Wildman–Crippen LogP) is 6.52. The molecule has 4 nitrogen and oxygen atoms in total. The summed E-state index contributed by atoms with van der Waals surface area (Å²) in [6.07, 6.45) is 0. The number of methoxy groups -OCH3 is 1. The Morgan fingerprint density at radius 1 is 0.967 bits per heavy atom. The second-order valence-corrected chi connectivity index (χ2v) is 8.11. The first-order valence-corrected chi connectivity index (χ1v) is 10.3. The van der Waals surface area contributed by atoms with Crippen LogP contribution in [0.25, 0.3) is 21.7 Å². The number of hydrogen-bond donors (Lipinski definition) is 1. The molecule has 0 radical (unpaired) electrons. The Morgan fingerprint density at radius 3 is 2.47 bits per heavy atom. The molecule has 0 unspecified atom stereocenters. The van der Waals surface area contributed by atoms with Gasteiger partial charge in [0, 0.05) is 5.39 Å². The van der Waals surface area contributed by atoms with E-state index < -0.39 is 0 Å². The second kappa shape index (κ2) is 7.86. The third-order valence-corrected chi connectivity index (χ3v) is 5.70. The van der Waals surface area contributed by atoms with E-state index >= 15 is 0 Å². The Morgan fingerprint density at radius 2 is 1.73 bits per heavy atom. The van der Waals surface area contributed by atoms with E-state index in [1.165, 1.54) is 0 Å². The lowest BCUT2D eigenvalue weighted by atomic mass is 9.93. The maximum atomic E-state index is 13.0. The van der Waals surface area contributed by atoms with Crippen molar-refractivity contribution in [2.24, 2.45) is 0 Å². The SMILES string of the molecule is COc1cc(C)c([C@H](C)NC(=O)c2cc3c(ccc4ccccc43)o2)cc1C(C)C. The maximum Gasteiger partial charge on any atom is 0.287 e. The van der Waals surface area contributed by atoms with Gasteiger partial charge in [0.25, 0.3) is 5.91 Å². The molecule has 1 N–H and O–H groups in total. The fraction of sp³-hybridized carbons (Fsp3) is 0.269. The predicted molar refractivity (Wildman–Crippen MR) is 121 cm³/mol. The van der Waals surface area contributed by atoms with Crippen LogP contribution >= 0.6 is 0 Å². The number of fused-ring (bicyclic) bond motifs is 3. The van der Waals surface area contributed by atoms with Crippen molar-refractivity contribution in [3.05, 3.63) is 77.0 Å². The Kier molecular flexibility index (Phi) is 5.25. The molecule has 1 atom stereocenters. The number of ether oxygens (including phenoxy) is 1. The average molecular weight is 402 g/mol. The molecule has 0 aliphatic rings. The van der Waals surface area contributed by atoms with Crippen LogP contribution in [0.2, 0.25) is 0 Å². The van der Waals surface area contributed by atoms with Crippen LogP contribution in [0.1, 0.15) is 60.0 Å². The van der Waals surface area contributed by atoms with E-state index in [0.717, 1.165) is 38.6 Å². The second-order valence-electron chi connectivity index (χ2n) is 8.11. The summed E-state index contributed by atoms with van der Waals surface area (Å²) >= 11 is 0. The highest BCUT2D eigenvalue weighted by atomic mass is 16.5. The van der Waals surface area contributed by atoms with Gasteiger partial charge in [-0.2, -0.15) is 0 Å². The van der Waals surface area contributed by atoms with Crippen molar-refractivity contribution in [1.82, 2.24) is 5.32 Å². The van der Waals surface area contributed by atoms with Gasteiger partial charge in [-0.15, -0.1) is 0 Å². The van der Waals surface area contributed by atoms with Crippen LogP contribution in [-0.2, 0) is 0 Å². The zero-order valence-corrected chi connectivity index (χ0v) is 18.1. The Balaban J connectivity index is 1.64. The molecule has 0 bridgehead atoms. The third kappa shape index (κ3) is 3.54.